The van der Waals surface area contributed by atoms with Crippen LogP contribution in [0.15, 0.2) is 66.7 Å². The van der Waals surface area contributed by atoms with Crippen molar-refractivity contribution < 1.29 is 14.3 Å². The van der Waals surface area contributed by atoms with Crippen LogP contribution in [0.4, 0.5) is 0 Å². The van der Waals surface area contributed by atoms with E-state index in [1.54, 1.807) is 12.1 Å². The molecule has 0 amide bonds. The van der Waals surface area contributed by atoms with Crippen LogP contribution in [0, 0.1) is 13.8 Å². The van der Waals surface area contributed by atoms with Crippen molar-refractivity contribution in [2.24, 2.45) is 0 Å². The number of nitrogens with zero attached hydrogens (tertiary/aromatic N) is 2. The smallest absolute Gasteiger partial charge is 0.337 e. The van der Waals surface area contributed by atoms with Gasteiger partial charge in [-0.25, -0.2) is 4.79 Å². The second kappa shape index (κ2) is 8.33. The van der Waals surface area contributed by atoms with Gasteiger partial charge in [0.1, 0.15) is 12.3 Å². The Bertz CT molecular complexity index is 1220. The van der Waals surface area contributed by atoms with E-state index in [0.717, 1.165) is 33.2 Å². The topological polar surface area (TPSA) is 61.3 Å². The average Bonchev–Trinajstić information content (AvgIpc) is 2.79. The summed E-state index contributed by atoms with van der Waals surface area (Å²) in [7, 11) is 1.37. The number of aryl methyl sites for hydroxylation is 2. The highest BCUT2D eigenvalue weighted by Crippen LogP contribution is 2.33. The summed E-state index contributed by atoms with van der Waals surface area (Å²) >= 11 is 0. The third-order valence-electron chi connectivity index (χ3n) is 5.05. The molecular formula is C25H22N2O3. The maximum atomic E-state index is 11.6. The summed E-state index contributed by atoms with van der Waals surface area (Å²) in [6, 6.07) is 21.4. The first kappa shape index (κ1) is 19.6. The van der Waals surface area contributed by atoms with E-state index in [9.17, 15) is 4.79 Å². The van der Waals surface area contributed by atoms with Gasteiger partial charge in [-0.15, -0.1) is 10.2 Å². The number of methoxy groups -OCH3 is 1. The fraction of sp³-hybridized carbons (Fsp3) is 0.160. The summed E-state index contributed by atoms with van der Waals surface area (Å²) < 4.78 is 10.7. The van der Waals surface area contributed by atoms with Crippen LogP contribution >= 0.6 is 0 Å². The van der Waals surface area contributed by atoms with E-state index in [-0.39, 0.29) is 5.97 Å². The lowest BCUT2D eigenvalue weighted by molar-refractivity contribution is 0.0600. The van der Waals surface area contributed by atoms with Crippen LogP contribution < -0.4 is 4.74 Å². The number of hydrogen-bond acceptors (Lipinski definition) is 5. The molecule has 0 saturated carbocycles. The predicted molar refractivity (Wildman–Crippen MR) is 117 cm³/mol. The molecule has 30 heavy (non-hydrogen) atoms. The number of esters is 1. The van der Waals surface area contributed by atoms with Gasteiger partial charge in [0.15, 0.2) is 0 Å². The average molecular weight is 398 g/mol. The zero-order valence-electron chi connectivity index (χ0n) is 17.2. The number of carbonyl (C=O) groups is 1. The van der Waals surface area contributed by atoms with E-state index in [2.05, 4.69) is 42.2 Å². The van der Waals surface area contributed by atoms with Gasteiger partial charge in [0.05, 0.1) is 12.7 Å². The third kappa shape index (κ3) is 3.87. The molecule has 150 valence electrons. The Labute approximate surface area is 175 Å². The molecule has 0 N–H and O–H groups in total. The molecule has 0 aliphatic carbocycles. The maximum Gasteiger partial charge on any atom is 0.337 e. The maximum absolute atomic E-state index is 11.6. The lowest BCUT2D eigenvalue weighted by Crippen LogP contribution is -2.03. The lowest BCUT2D eigenvalue weighted by atomic mass is 9.99. The van der Waals surface area contributed by atoms with Crippen LogP contribution in [0.5, 0.6) is 5.88 Å². The Balaban J connectivity index is 1.65. The van der Waals surface area contributed by atoms with Gasteiger partial charge in [-0.2, -0.15) is 0 Å². The largest absolute Gasteiger partial charge is 0.471 e. The number of ether oxygens (including phenoxy) is 2. The molecule has 5 heteroatoms. The van der Waals surface area contributed by atoms with Crippen molar-refractivity contribution in [3.8, 4) is 17.1 Å². The molecule has 1 heterocycles. The van der Waals surface area contributed by atoms with Gasteiger partial charge in [-0.3, -0.25) is 0 Å². The van der Waals surface area contributed by atoms with Crippen molar-refractivity contribution in [2.75, 3.05) is 7.11 Å². The molecule has 0 aliphatic rings. The van der Waals surface area contributed by atoms with E-state index in [1.165, 1.54) is 12.7 Å². The Hall–Kier alpha value is -3.73. The number of fused-ring (bicyclic) bond motifs is 1. The number of rotatable bonds is 5. The van der Waals surface area contributed by atoms with Crippen molar-refractivity contribution in [3.05, 3.63) is 89.0 Å². The van der Waals surface area contributed by atoms with Gasteiger partial charge in [-0.1, -0.05) is 48.0 Å². The van der Waals surface area contributed by atoms with Crippen LogP contribution in [0.2, 0.25) is 0 Å². The summed E-state index contributed by atoms with van der Waals surface area (Å²) in [6.45, 7) is 4.47. The second-order valence-corrected chi connectivity index (χ2v) is 7.19. The van der Waals surface area contributed by atoms with Crippen molar-refractivity contribution in [2.45, 2.75) is 20.5 Å². The minimum Gasteiger partial charge on any atom is -0.471 e. The van der Waals surface area contributed by atoms with Crippen LogP contribution in [-0.4, -0.2) is 23.3 Å². The van der Waals surface area contributed by atoms with E-state index in [1.807, 2.05) is 36.4 Å². The summed E-state index contributed by atoms with van der Waals surface area (Å²) in [5.74, 6) is 0.123. The predicted octanol–water partition coefficient (Wildman–Crippen LogP) is 5.28. The first-order valence-electron chi connectivity index (χ1n) is 9.70. The van der Waals surface area contributed by atoms with E-state index in [4.69, 9.17) is 9.47 Å². The molecule has 0 unspecified atom stereocenters. The zero-order valence-corrected chi connectivity index (χ0v) is 17.2. The molecule has 1 aromatic heterocycles. The number of benzene rings is 3. The Morgan fingerprint density at radius 3 is 2.37 bits per heavy atom. The molecule has 5 nitrogen and oxygen atoms in total. The molecule has 0 saturated heterocycles. The minimum absolute atomic E-state index is 0.322. The van der Waals surface area contributed by atoms with Gasteiger partial charge in [0.2, 0.25) is 5.88 Å². The Morgan fingerprint density at radius 2 is 1.63 bits per heavy atom. The molecule has 0 atom stereocenters. The molecule has 3 aromatic carbocycles. The Kier molecular flexibility index (Phi) is 5.44. The third-order valence-corrected chi connectivity index (χ3v) is 5.05. The monoisotopic (exact) mass is 398 g/mol. The highest BCUT2D eigenvalue weighted by molar-refractivity contribution is 5.97. The molecular weight excluding hydrogens is 376 g/mol. The first-order chi connectivity index (χ1) is 14.6. The van der Waals surface area contributed by atoms with Crippen molar-refractivity contribution in [1.29, 1.82) is 0 Å². The molecule has 0 spiro atoms. The van der Waals surface area contributed by atoms with Gasteiger partial charge in [-0.05, 0) is 49.2 Å². The van der Waals surface area contributed by atoms with Crippen molar-refractivity contribution in [1.82, 2.24) is 10.2 Å². The van der Waals surface area contributed by atoms with Crippen LogP contribution in [0.25, 0.3) is 22.0 Å². The van der Waals surface area contributed by atoms with E-state index < -0.39 is 0 Å². The standard InChI is InChI=1S/C25H22N2O3/c1-16-8-9-17(2)22(14-16)23-20-6-4-5-7-21(20)24(27-26-23)30-15-18-10-12-19(13-11-18)25(28)29-3/h4-14H,15H2,1-3H3. The number of aromatic nitrogens is 2. The lowest BCUT2D eigenvalue weighted by Gasteiger charge is -2.12. The summed E-state index contributed by atoms with van der Waals surface area (Å²) in [5, 5.41) is 10.8. The zero-order chi connectivity index (χ0) is 21.1. The molecule has 0 fully saturated rings. The van der Waals surface area contributed by atoms with Gasteiger partial charge in [0.25, 0.3) is 0 Å². The van der Waals surface area contributed by atoms with Crippen LogP contribution in [0.1, 0.15) is 27.0 Å². The Morgan fingerprint density at radius 1 is 0.900 bits per heavy atom. The van der Waals surface area contributed by atoms with Crippen LogP contribution in [-0.2, 0) is 11.3 Å². The number of hydrogen-bond donors (Lipinski definition) is 0. The minimum atomic E-state index is -0.360. The molecule has 0 bridgehead atoms. The normalized spacial score (nSPS) is 10.8. The van der Waals surface area contributed by atoms with Crippen LogP contribution in [0.3, 0.4) is 0 Å². The van der Waals surface area contributed by atoms with Gasteiger partial charge < -0.3 is 9.47 Å². The van der Waals surface area contributed by atoms with Gasteiger partial charge >= 0.3 is 5.97 Å². The summed E-state index contributed by atoms with van der Waals surface area (Å²) in [6.07, 6.45) is 0. The van der Waals surface area contributed by atoms with E-state index >= 15 is 0 Å². The fourth-order valence-corrected chi connectivity index (χ4v) is 3.38. The number of carbonyl (C=O) groups excluding carboxylic acids is 1. The highest BCUT2D eigenvalue weighted by Gasteiger charge is 2.14. The SMILES string of the molecule is COC(=O)c1ccc(COc2nnc(-c3cc(C)ccc3C)c3ccccc23)cc1. The fourth-order valence-electron chi connectivity index (χ4n) is 3.38. The van der Waals surface area contributed by atoms with Crippen molar-refractivity contribution in [3.63, 3.8) is 0 Å². The molecule has 4 rings (SSSR count). The first-order valence-corrected chi connectivity index (χ1v) is 9.70. The van der Waals surface area contributed by atoms with Crippen molar-refractivity contribution >= 4 is 16.7 Å². The second-order valence-electron chi connectivity index (χ2n) is 7.19. The highest BCUT2D eigenvalue weighted by atomic mass is 16.5. The molecule has 0 aliphatic heterocycles. The molecule has 4 aromatic rings. The van der Waals surface area contributed by atoms with E-state index in [0.29, 0.717) is 18.1 Å². The quantitative estimate of drug-likeness (QED) is 0.428. The van der Waals surface area contributed by atoms with Gasteiger partial charge in [0, 0.05) is 16.3 Å². The summed E-state index contributed by atoms with van der Waals surface area (Å²) in [4.78, 5) is 11.6. The molecule has 0 radical (unpaired) electrons. The summed E-state index contributed by atoms with van der Waals surface area (Å²) in [5.41, 5.74) is 5.68.